The van der Waals surface area contributed by atoms with E-state index >= 15 is 0 Å². The molecule has 0 fully saturated rings. The van der Waals surface area contributed by atoms with Crippen molar-refractivity contribution in [2.45, 2.75) is 26.2 Å². The second-order valence-corrected chi connectivity index (χ2v) is 4.54. The minimum absolute atomic E-state index is 0.187. The van der Waals surface area contributed by atoms with E-state index in [1.165, 1.54) is 12.8 Å². The smallest absolute Gasteiger partial charge is 0.395 e. The maximum atomic E-state index is 8.88. The third-order valence-corrected chi connectivity index (χ3v) is 1.91. The number of nitrogens with zero attached hydrogens (tertiary/aromatic N) is 1. The largest absolute Gasteiger partial charge is 0.466 e. The van der Waals surface area contributed by atoms with Crippen molar-refractivity contribution >= 4 is 7.82 Å². The average molecular weight is 273 g/mol. The van der Waals surface area contributed by atoms with E-state index in [1.807, 2.05) is 0 Å². The molecule has 7 nitrogen and oxygen atoms in total. The predicted molar refractivity (Wildman–Crippen MR) is 64.4 cm³/mol. The summed E-state index contributed by atoms with van der Waals surface area (Å²) in [4.78, 5) is 23.7. The van der Waals surface area contributed by atoms with E-state index in [9.17, 15) is 0 Å². The lowest BCUT2D eigenvalue weighted by molar-refractivity contribution is 0.159. The van der Waals surface area contributed by atoms with Gasteiger partial charge in [-0.1, -0.05) is 19.8 Å². The van der Waals surface area contributed by atoms with Crippen LogP contribution in [-0.2, 0) is 4.57 Å². The molecule has 0 aromatic rings. The van der Waals surface area contributed by atoms with E-state index in [2.05, 4.69) is 11.8 Å². The van der Waals surface area contributed by atoms with Gasteiger partial charge in [0, 0.05) is 13.1 Å². The van der Waals surface area contributed by atoms with Crippen molar-refractivity contribution in [2.24, 2.45) is 0 Å². The fourth-order valence-corrected chi connectivity index (χ4v) is 1.20. The van der Waals surface area contributed by atoms with Crippen LogP contribution in [0.4, 0.5) is 0 Å². The molecule has 0 saturated carbocycles. The van der Waals surface area contributed by atoms with Gasteiger partial charge in [-0.05, 0) is 13.0 Å². The second-order valence-electron chi connectivity index (χ2n) is 3.51. The SMILES string of the molecule is CCCCCN(CCO)CCO.O=P(O)(O)O. The highest BCUT2D eigenvalue weighted by atomic mass is 31.2. The van der Waals surface area contributed by atoms with Crippen LogP contribution in [0.1, 0.15) is 26.2 Å². The molecule has 0 aliphatic heterocycles. The molecule has 106 valence electrons. The quantitative estimate of drug-likeness (QED) is 0.299. The molecule has 0 heterocycles. The second kappa shape index (κ2) is 12.4. The molecule has 17 heavy (non-hydrogen) atoms. The van der Waals surface area contributed by atoms with Crippen molar-refractivity contribution in [3.05, 3.63) is 0 Å². The highest BCUT2D eigenvalue weighted by Crippen LogP contribution is 2.25. The number of aliphatic hydroxyl groups is 2. The first-order chi connectivity index (χ1) is 7.85. The van der Waals surface area contributed by atoms with Gasteiger partial charge in [0.05, 0.1) is 13.2 Å². The van der Waals surface area contributed by atoms with E-state index in [4.69, 9.17) is 29.5 Å². The van der Waals surface area contributed by atoms with Gasteiger partial charge in [-0.15, -0.1) is 0 Å². The Hall–Kier alpha value is -0.0100. The zero-order chi connectivity index (χ0) is 13.7. The first-order valence-electron chi connectivity index (χ1n) is 5.57. The summed E-state index contributed by atoms with van der Waals surface area (Å²) in [5.74, 6) is 0. The Kier molecular flexibility index (Phi) is 14.2. The molecular formula is C9H24NO6P. The molecule has 0 atom stereocenters. The van der Waals surface area contributed by atoms with Gasteiger partial charge in [-0.2, -0.15) is 0 Å². The van der Waals surface area contributed by atoms with Crippen LogP contribution in [0.25, 0.3) is 0 Å². The van der Waals surface area contributed by atoms with Gasteiger partial charge in [0.2, 0.25) is 0 Å². The van der Waals surface area contributed by atoms with Crippen molar-refractivity contribution < 1.29 is 29.5 Å². The van der Waals surface area contributed by atoms with Crippen molar-refractivity contribution in [3.8, 4) is 0 Å². The lowest BCUT2D eigenvalue weighted by Gasteiger charge is -2.19. The lowest BCUT2D eigenvalue weighted by Crippen LogP contribution is -2.30. The summed E-state index contributed by atoms with van der Waals surface area (Å²) in [5.41, 5.74) is 0. The van der Waals surface area contributed by atoms with Crippen LogP contribution in [0.3, 0.4) is 0 Å². The van der Waals surface area contributed by atoms with Crippen LogP contribution in [0.5, 0.6) is 0 Å². The number of rotatable bonds is 8. The van der Waals surface area contributed by atoms with Crippen LogP contribution in [0.2, 0.25) is 0 Å². The molecule has 0 bridgehead atoms. The average Bonchev–Trinajstić information content (AvgIpc) is 2.16. The molecule has 0 saturated heterocycles. The summed E-state index contributed by atoms with van der Waals surface area (Å²) in [7, 11) is -4.64. The van der Waals surface area contributed by atoms with Crippen molar-refractivity contribution in [2.75, 3.05) is 32.8 Å². The number of unbranched alkanes of at least 4 members (excludes halogenated alkanes) is 2. The summed E-state index contributed by atoms with van der Waals surface area (Å²) < 4.78 is 8.88. The van der Waals surface area contributed by atoms with Crippen LogP contribution in [-0.4, -0.2) is 62.6 Å². The Bertz CT molecular complexity index is 184. The van der Waals surface area contributed by atoms with Gasteiger partial charge in [-0.3, -0.25) is 4.90 Å². The minimum Gasteiger partial charge on any atom is -0.395 e. The fraction of sp³-hybridized carbons (Fsp3) is 1.00. The van der Waals surface area contributed by atoms with Crippen molar-refractivity contribution in [3.63, 3.8) is 0 Å². The normalized spacial score (nSPS) is 11.2. The molecule has 5 N–H and O–H groups in total. The fourth-order valence-electron chi connectivity index (χ4n) is 1.20. The maximum Gasteiger partial charge on any atom is 0.466 e. The zero-order valence-corrected chi connectivity index (χ0v) is 11.1. The van der Waals surface area contributed by atoms with Gasteiger partial charge in [0.15, 0.2) is 0 Å². The highest BCUT2D eigenvalue weighted by Gasteiger charge is 2.01. The number of hydrogen-bond donors (Lipinski definition) is 5. The first kappa shape index (κ1) is 19.3. The molecule has 0 aromatic heterocycles. The Morgan fingerprint density at radius 3 is 1.65 bits per heavy atom. The van der Waals surface area contributed by atoms with Gasteiger partial charge < -0.3 is 24.9 Å². The molecule has 0 radical (unpaired) electrons. The number of aliphatic hydroxyl groups excluding tert-OH is 2. The monoisotopic (exact) mass is 273 g/mol. The molecule has 0 amide bonds. The highest BCUT2D eigenvalue weighted by molar-refractivity contribution is 7.45. The van der Waals surface area contributed by atoms with E-state index in [0.717, 1.165) is 13.0 Å². The molecule has 0 spiro atoms. The third-order valence-electron chi connectivity index (χ3n) is 1.91. The van der Waals surface area contributed by atoms with Crippen molar-refractivity contribution in [1.82, 2.24) is 4.90 Å². The number of hydrogen-bond acceptors (Lipinski definition) is 4. The molecule has 0 aliphatic rings. The van der Waals surface area contributed by atoms with Gasteiger partial charge in [0.1, 0.15) is 0 Å². The Labute approximate surface area is 102 Å². The molecular weight excluding hydrogens is 249 g/mol. The van der Waals surface area contributed by atoms with Crippen molar-refractivity contribution in [1.29, 1.82) is 0 Å². The minimum atomic E-state index is -4.64. The summed E-state index contributed by atoms with van der Waals surface area (Å²) >= 11 is 0. The van der Waals surface area contributed by atoms with Crippen LogP contribution in [0, 0.1) is 0 Å². The van der Waals surface area contributed by atoms with Crippen LogP contribution in [0.15, 0.2) is 0 Å². The summed E-state index contributed by atoms with van der Waals surface area (Å²) in [6.45, 7) is 4.91. The molecule has 0 aliphatic carbocycles. The standard InChI is InChI=1S/C9H21NO2.H3O4P/c1-2-3-4-5-10(6-8-11)7-9-12;1-5(2,3)4/h11-12H,2-9H2,1H3;(H3,1,2,3,4). The molecule has 0 rings (SSSR count). The van der Waals surface area contributed by atoms with E-state index < -0.39 is 7.82 Å². The van der Waals surface area contributed by atoms with Gasteiger partial charge in [-0.25, -0.2) is 4.57 Å². The Morgan fingerprint density at radius 1 is 0.941 bits per heavy atom. The Balaban J connectivity index is 0. The van der Waals surface area contributed by atoms with Crippen LogP contribution < -0.4 is 0 Å². The number of phosphoric acid groups is 1. The summed E-state index contributed by atoms with van der Waals surface area (Å²) in [6, 6.07) is 0. The predicted octanol–water partition coefficient (Wildman–Crippen LogP) is -0.465. The molecule has 0 aromatic carbocycles. The van der Waals surface area contributed by atoms with Gasteiger partial charge in [0.25, 0.3) is 0 Å². The summed E-state index contributed by atoms with van der Waals surface area (Å²) in [5, 5.41) is 17.4. The Morgan fingerprint density at radius 2 is 1.35 bits per heavy atom. The van der Waals surface area contributed by atoms with E-state index in [-0.39, 0.29) is 13.2 Å². The molecule has 8 heteroatoms. The van der Waals surface area contributed by atoms with Gasteiger partial charge >= 0.3 is 7.82 Å². The summed E-state index contributed by atoms with van der Waals surface area (Å²) in [6.07, 6.45) is 3.61. The molecule has 0 unspecified atom stereocenters. The van der Waals surface area contributed by atoms with Crippen LogP contribution >= 0.6 is 7.82 Å². The topological polar surface area (TPSA) is 121 Å². The van der Waals surface area contributed by atoms with E-state index in [1.54, 1.807) is 0 Å². The van der Waals surface area contributed by atoms with E-state index in [0.29, 0.717) is 13.1 Å². The third kappa shape index (κ3) is 25.9. The zero-order valence-electron chi connectivity index (χ0n) is 10.2. The maximum absolute atomic E-state index is 8.88. The lowest BCUT2D eigenvalue weighted by atomic mass is 10.2. The first-order valence-corrected chi connectivity index (χ1v) is 7.14.